The van der Waals surface area contributed by atoms with E-state index in [1.807, 2.05) is 12.1 Å². The molecule has 2 bridgehead atoms. The van der Waals surface area contributed by atoms with Gasteiger partial charge in [0.25, 0.3) is 0 Å². The van der Waals surface area contributed by atoms with Crippen molar-refractivity contribution in [1.29, 1.82) is 0 Å². The standard InChI is InChI=1S/C17H20N2O2S2/c1-23(20,21)16-8-2-12(3-9-16)17-18-13(11-22-17)10-19-14-4-5-15(19)7-6-14/h2-3,8-9,11,14-15H,4-7,10H2,1H3. The molecule has 2 saturated heterocycles. The molecule has 2 aliphatic rings. The summed E-state index contributed by atoms with van der Waals surface area (Å²) in [5, 5.41) is 3.10. The quantitative estimate of drug-likeness (QED) is 0.850. The van der Waals surface area contributed by atoms with Gasteiger partial charge in [-0.1, -0.05) is 12.1 Å². The van der Waals surface area contributed by atoms with E-state index in [9.17, 15) is 8.42 Å². The van der Waals surface area contributed by atoms with Crippen LogP contribution >= 0.6 is 11.3 Å². The first-order valence-electron chi connectivity index (χ1n) is 8.01. The first-order valence-corrected chi connectivity index (χ1v) is 10.8. The largest absolute Gasteiger partial charge is 0.292 e. The van der Waals surface area contributed by atoms with E-state index < -0.39 is 9.84 Å². The molecule has 0 saturated carbocycles. The molecule has 3 heterocycles. The van der Waals surface area contributed by atoms with Crippen molar-refractivity contribution in [1.82, 2.24) is 9.88 Å². The summed E-state index contributed by atoms with van der Waals surface area (Å²) < 4.78 is 23.1. The molecular formula is C17H20N2O2S2. The highest BCUT2D eigenvalue weighted by atomic mass is 32.2. The number of aromatic nitrogens is 1. The van der Waals surface area contributed by atoms with Crippen LogP contribution in [0.1, 0.15) is 31.4 Å². The van der Waals surface area contributed by atoms with Crippen LogP contribution < -0.4 is 0 Å². The summed E-state index contributed by atoms with van der Waals surface area (Å²) in [7, 11) is -3.14. The minimum Gasteiger partial charge on any atom is -0.292 e. The number of hydrogen-bond acceptors (Lipinski definition) is 5. The van der Waals surface area contributed by atoms with Crippen LogP contribution in [0.4, 0.5) is 0 Å². The highest BCUT2D eigenvalue weighted by Crippen LogP contribution is 2.38. The van der Waals surface area contributed by atoms with Crippen molar-refractivity contribution in [2.75, 3.05) is 6.26 Å². The first-order chi connectivity index (χ1) is 11.0. The van der Waals surface area contributed by atoms with Gasteiger partial charge >= 0.3 is 0 Å². The Labute approximate surface area is 141 Å². The van der Waals surface area contributed by atoms with Crippen LogP contribution in [0, 0.1) is 0 Å². The average Bonchev–Trinajstić information content (AvgIpc) is 3.24. The topological polar surface area (TPSA) is 50.3 Å². The molecular weight excluding hydrogens is 328 g/mol. The number of thiazole rings is 1. The lowest BCUT2D eigenvalue weighted by Gasteiger charge is -2.19. The summed E-state index contributed by atoms with van der Waals surface area (Å²) in [6.45, 7) is 0.952. The van der Waals surface area contributed by atoms with E-state index in [2.05, 4.69) is 10.3 Å². The molecule has 0 N–H and O–H groups in total. The smallest absolute Gasteiger partial charge is 0.175 e. The van der Waals surface area contributed by atoms with E-state index in [0.717, 1.165) is 34.9 Å². The van der Waals surface area contributed by atoms with Crippen LogP contribution in [-0.2, 0) is 16.4 Å². The van der Waals surface area contributed by atoms with Gasteiger partial charge in [0, 0.05) is 35.8 Å². The molecule has 2 aromatic rings. The average molecular weight is 348 g/mol. The molecule has 6 heteroatoms. The van der Waals surface area contributed by atoms with Gasteiger partial charge in [-0.15, -0.1) is 11.3 Å². The molecule has 0 aliphatic carbocycles. The van der Waals surface area contributed by atoms with Crippen LogP contribution in [0.3, 0.4) is 0 Å². The maximum Gasteiger partial charge on any atom is 0.175 e. The third kappa shape index (κ3) is 2.95. The van der Waals surface area contributed by atoms with Crippen LogP contribution in [0.2, 0.25) is 0 Å². The predicted octanol–water partition coefficient (Wildman–Crippen LogP) is 3.34. The van der Waals surface area contributed by atoms with Crippen molar-refractivity contribution in [3.05, 3.63) is 35.3 Å². The van der Waals surface area contributed by atoms with Gasteiger partial charge in [0.1, 0.15) is 5.01 Å². The van der Waals surface area contributed by atoms with E-state index in [4.69, 9.17) is 4.98 Å². The fourth-order valence-corrected chi connectivity index (χ4v) is 5.27. The zero-order valence-corrected chi connectivity index (χ0v) is 14.7. The molecule has 0 unspecified atom stereocenters. The molecule has 23 heavy (non-hydrogen) atoms. The van der Waals surface area contributed by atoms with Crippen LogP contribution in [0.5, 0.6) is 0 Å². The molecule has 2 fully saturated rings. The van der Waals surface area contributed by atoms with Gasteiger partial charge in [-0.3, -0.25) is 4.90 Å². The summed E-state index contributed by atoms with van der Waals surface area (Å²) >= 11 is 1.64. The Morgan fingerprint density at radius 2 is 1.74 bits per heavy atom. The number of fused-ring (bicyclic) bond motifs is 2. The third-order valence-electron chi connectivity index (χ3n) is 5.03. The molecule has 0 radical (unpaired) electrons. The molecule has 2 aliphatic heterocycles. The number of benzene rings is 1. The van der Waals surface area contributed by atoms with Crippen molar-refractivity contribution >= 4 is 21.2 Å². The van der Waals surface area contributed by atoms with Crippen molar-refractivity contribution in [2.24, 2.45) is 0 Å². The zero-order chi connectivity index (χ0) is 16.0. The highest BCUT2D eigenvalue weighted by Gasteiger charge is 2.39. The van der Waals surface area contributed by atoms with Crippen LogP contribution in [0.15, 0.2) is 34.5 Å². The second kappa shape index (κ2) is 5.69. The Morgan fingerprint density at radius 3 is 2.30 bits per heavy atom. The minimum atomic E-state index is -3.14. The fraction of sp³-hybridized carbons (Fsp3) is 0.471. The van der Waals surface area contributed by atoms with Gasteiger partial charge in [-0.05, 0) is 37.8 Å². The summed E-state index contributed by atoms with van der Waals surface area (Å²) in [5.74, 6) is 0. The van der Waals surface area contributed by atoms with Gasteiger partial charge in [0.05, 0.1) is 10.6 Å². The van der Waals surface area contributed by atoms with Gasteiger partial charge in [-0.2, -0.15) is 0 Å². The van der Waals surface area contributed by atoms with Crippen molar-refractivity contribution in [2.45, 2.75) is 49.2 Å². The summed E-state index contributed by atoms with van der Waals surface area (Å²) in [6, 6.07) is 8.54. The first kappa shape index (κ1) is 15.3. The van der Waals surface area contributed by atoms with E-state index in [-0.39, 0.29) is 0 Å². The molecule has 0 spiro atoms. The van der Waals surface area contributed by atoms with Crippen LogP contribution in [0.25, 0.3) is 10.6 Å². The maximum atomic E-state index is 11.5. The molecule has 1 aromatic carbocycles. The third-order valence-corrected chi connectivity index (χ3v) is 7.10. The minimum absolute atomic E-state index is 0.353. The van der Waals surface area contributed by atoms with Crippen molar-refractivity contribution in [3.63, 3.8) is 0 Å². The summed E-state index contributed by atoms with van der Waals surface area (Å²) in [6.07, 6.45) is 6.60. The Bertz CT molecular complexity index is 791. The van der Waals surface area contributed by atoms with Gasteiger partial charge in [-0.25, -0.2) is 13.4 Å². The second-order valence-electron chi connectivity index (χ2n) is 6.58. The van der Waals surface area contributed by atoms with E-state index in [1.54, 1.807) is 23.5 Å². The van der Waals surface area contributed by atoms with Crippen LogP contribution in [-0.4, -0.2) is 36.6 Å². The Balaban J connectivity index is 1.51. The van der Waals surface area contributed by atoms with E-state index in [1.165, 1.54) is 31.9 Å². The van der Waals surface area contributed by atoms with Crippen molar-refractivity contribution < 1.29 is 8.42 Å². The molecule has 4 rings (SSSR count). The maximum absolute atomic E-state index is 11.5. The Kier molecular flexibility index (Phi) is 3.78. The van der Waals surface area contributed by atoms with Gasteiger partial charge in [0.15, 0.2) is 9.84 Å². The number of nitrogens with zero attached hydrogens (tertiary/aromatic N) is 2. The summed E-state index contributed by atoms with van der Waals surface area (Å²) in [4.78, 5) is 7.73. The van der Waals surface area contributed by atoms with Gasteiger partial charge < -0.3 is 0 Å². The lowest BCUT2D eigenvalue weighted by Crippen LogP contribution is -2.27. The highest BCUT2D eigenvalue weighted by molar-refractivity contribution is 7.90. The van der Waals surface area contributed by atoms with Gasteiger partial charge in [0.2, 0.25) is 0 Å². The molecule has 0 amide bonds. The lowest BCUT2D eigenvalue weighted by atomic mass is 10.0. The predicted molar refractivity (Wildman–Crippen MR) is 92.2 cm³/mol. The number of rotatable bonds is 4. The number of sulfone groups is 1. The Morgan fingerprint density at radius 1 is 1.13 bits per heavy atom. The second-order valence-corrected chi connectivity index (χ2v) is 9.45. The fourth-order valence-electron chi connectivity index (χ4n) is 3.82. The van der Waals surface area contributed by atoms with Crippen molar-refractivity contribution in [3.8, 4) is 10.6 Å². The molecule has 4 nitrogen and oxygen atoms in total. The van der Waals surface area contributed by atoms with E-state index >= 15 is 0 Å². The monoisotopic (exact) mass is 348 g/mol. The molecule has 122 valence electrons. The molecule has 0 atom stereocenters. The SMILES string of the molecule is CS(=O)(=O)c1ccc(-c2nc(CN3C4CCC3CC4)cs2)cc1. The lowest BCUT2D eigenvalue weighted by molar-refractivity contribution is 0.241. The normalized spacial score (nSPS) is 24.4. The zero-order valence-electron chi connectivity index (χ0n) is 13.1. The summed E-state index contributed by atoms with van der Waals surface area (Å²) in [5.41, 5.74) is 2.12. The number of hydrogen-bond donors (Lipinski definition) is 0. The Hall–Kier alpha value is -1.24. The molecule has 1 aromatic heterocycles. The van der Waals surface area contributed by atoms with E-state index in [0.29, 0.717) is 4.90 Å².